The third-order valence-corrected chi connectivity index (χ3v) is 5.26. The Morgan fingerprint density at radius 3 is 2.30 bits per heavy atom. The lowest BCUT2D eigenvalue weighted by Crippen LogP contribution is -2.48. The summed E-state index contributed by atoms with van der Waals surface area (Å²) >= 11 is 0. The average Bonchev–Trinajstić information content (AvgIpc) is 2.59. The van der Waals surface area contributed by atoms with E-state index in [1.54, 1.807) is 24.3 Å². The highest BCUT2D eigenvalue weighted by Crippen LogP contribution is 2.29. The molecule has 0 radical (unpaired) electrons. The lowest BCUT2D eigenvalue weighted by atomic mass is 10.1. The van der Waals surface area contributed by atoms with E-state index in [4.69, 9.17) is 10.2 Å². The smallest absolute Gasteiger partial charge is 0.322 e. The van der Waals surface area contributed by atoms with Gasteiger partial charge in [0.25, 0.3) is 10.0 Å². The summed E-state index contributed by atoms with van der Waals surface area (Å²) in [5.74, 6) is -2.53. The lowest BCUT2D eigenvalue weighted by molar-refractivity contribution is -0.140. The van der Waals surface area contributed by atoms with Crippen LogP contribution >= 0.6 is 0 Å². The summed E-state index contributed by atoms with van der Waals surface area (Å²) in [4.78, 5) is 25.7. The van der Waals surface area contributed by atoms with Crippen LogP contribution in [0.25, 0.3) is 10.8 Å². The van der Waals surface area contributed by atoms with Gasteiger partial charge in [0.2, 0.25) is 0 Å². The van der Waals surface area contributed by atoms with Gasteiger partial charge in [0.15, 0.2) is 0 Å². The summed E-state index contributed by atoms with van der Waals surface area (Å²) in [6.45, 7) is 0. The highest BCUT2D eigenvalue weighted by atomic mass is 32.2. The van der Waals surface area contributed by atoms with E-state index in [9.17, 15) is 18.0 Å². The van der Waals surface area contributed by atoms with Crippen molar-refractivity contribution in [3.8, 4) is 0 Å². The van der Waals surface area contributed by atoms with E-state index in [1.165, 1.54) is 6.07 Å². The number of nitrogens with one attached hydrogen (secondary N) is 2. The lowest BCUT2D eigenvalue weighted by Gasteiger charge is -2.18. The summed E-state index contributed by atoms with van der Waals surface area (Å²) in [6.07, 6.45) is -0.681. The zero-order valence-electron chi connectivity index (χ0n) is 14.8. The molecule has 0 unspecified atom stereocenters. The molecule has 0 aliphatic heterocycles. The van der Waals surface area contributed by atoms with Gasteiger partial charge in [0.1, 0.15) is 6.04 Å². The first-order valence-electron chi connectivity index (χ1n) is 8.04. The number of nitrogens with zero attached hydrogens (tertiary/aromatic N) is 1. The molecule has 0 amide bonds. The number of benzene rings is 2. The summed E-state index contributed by atoms with van der Waals surface area (Å²) < 4.78 is 25.4. The van der Waals surface area contributed by atoms with Gasteiger partial charge >= 0.3 is 11.9 Å². The molecule has 0 heterocycles. The Labute approximate surface area is 156 Å². The Morgan fingerprint density at radius 1 is 1.07 bits per heavy atom. The van der Waals surface area contributed by atoms with Crippen LogP contribution in [0.2, 0.25) is 0 Å². The normalized spacial score (nSPS) is 12.7. The van der Waals surface area contributed by atoms with Gasteiger partial charge in [-0.2, -0.15) is 0 Å². The van der Waals surface area contributed by atoms with Crippen LogP contribution < -0.4 is 15.2 Å². The van der Waals surface area contributed by atoms with Crippen molar-refractivity contribution in [3.63, 3.8) is 0 Å². The van der Waals surface area contributed by atoms with E-state index in [1.807, 2.05) is 25.1 Å². The number of hydrogen-bond acceptors (Lipinski definition) is 6. The zero-order chi connectivity index (χ0) is 20.2. The topological polar surface area (TPSA) is 136 Å². The molecular formula is C17H21N3O6S. The van der Waals surface area contributed by atoms with Crippen LogP contribution in [0.15, 0.2) is 41.3 Å². The summed E-state index contributed by atoms with van der Waals surface area (Å²) in [5, 5.41) is 19.0. The van der Waals surface area contributed by atoms with E-state index in [0.717, 1.165) is 11.1 Å². The SMILES string of the molecule is CN(C)c1cccc2c(S(=O)(=O)NN[C@H](CCC(=O)O)C(=O)O)cccc12. The second-order valence-corrected chi connectivity index (χ2v) is 7.75. The number of fused-ring (bicyclic) bond motifs is 1. The van der Waals surface area contributed by atoms with Gasteiger partial charge in [-0.3, -0.25) is 9.59 Å². The van der Waals surface area contributed by atoms with Crippen LogP contribution in [0.3, 0.4) is 0 Å². The van der Waals surface area contributed by atoms with Crippen molar-refractivity contribution in [1.29, 1.82) is 0 Å². The van der Waals surface area contributed by atoms with E-state index in [-0.39, 0.29) is 11.3 Å². The van der Waals surface area contributed by atoms with Gasteiger partial charge < -0.3 is 15.1 Å². The molecule has 2 aromatic rings. The number of anilines is 1. The Kier molecular flexibility index (Phi) is 6.37. The van der Waals surface area contributed by atoms with Gasteiger partial charge in [0, 0.05) is 37.0 Å². The Balaban J connectivity index is 2.32. The van der Waals surface area contributed by atoms with Crippen LogP contribution in [-0.4, -0.2) is 50.7 Å². The minimum atomic E-state index is -4.09. The molecule has 0 aliphatic rings. The Hall–Kier alpha value is -2.69. The largest absolute Gasteiger partial charge is 0.481 e. The van der Waals surface area contributed by atoms with Crippen molar-refractivity contribution in [2.45, 2.75) is 23.8 Å². The second kappa shape index (κ2) is 8.33. The Morgan fingerprint density at radius 2 is 1.70 bits per heavy atom. The van der Waals surface area contributed by atoms with Crippen molar-refractivity contribution in [3.05, 3.63) is 36.4 Å². The number of hydrazine groups is 1. The maximum atomic E-state index is 12.7. The highest BCUT2D eigenvalue weighted by Gasteiger charge is 2.23. The molecule has 10 heteroatoms. The molecule has 2 aromatic carbocycles. The van der Waals surface area contributed by atoms with Crippen molar-refractivity contribution < 1.29 is 28.2 Å². The minimum Gasteiger partial charge on any atom is -0.481 e. The molecule has 2 rings (SSSR count). The summed E-state index contributed by atoms with van der Waals surface area (Å²) in [6, 6.07) is 8.69. The first-order chi connectivity index (χ1) is 12.6. The molecule has 0 bridgehead atoms. The van der Waals surface area contributed by atoms with Crippen LogP contribution in [0, 0.1) is 0 Å². The van der Waals surface area contributed by atoms with Gasteiger partial charge in [-0.15, -0.1) is 4.83 Å². The monoisotopic (exact) mass is 395 g/mol. The molecule has 0 aliphatic carbocycles. The number of sulfonamides is 1. The third-order valence-electron chi connectivity index (χ3n) is 3.94. The van der Waals surface area contributed by atoms with Crippen LogP contribution in [0.5, 0.6) is 0 Å². The maximum absolute atomic E-state index is 12.7. The number of carboxylic acids is 2. The Bertz CT molecular complexity index is 958. The van der Waals surface area contributed by atoms with Gasteiger partial charge in [-0.05, 0) is 18.6 Å². The molecule has 146 valence electrons. The number of rotatable bonds is 9. The number of aliphatic carboxylic acids is 2. The molecule has 1 atom stereocenters. The minimum absolute atomic E-state index is 0.0152. The van der Waals surface area contributed by atoms with Crippen LogP contribution in [0.1, 0.15) is 12.8 Å². The average molecular weight is 395 g/mol. The maximum Gasteiger partial charge on any atom is 0.322 e. The molecular weight excluding hydrogens is 374 g/mol. The molecule has 9 nitrogen and oxygen atoms in total. The quantitative estimate of drug-likeness (QED) is 0.462. The van der Waals surface area contributed by atoms with E-state index >= 15 is 0 Å². The molecule has 0 saturated carbocycles. The summed E-state index contributed by atoms with van der Waals surface area (Å²) in [5.41, 5.74) is 3.04. The van der Waals surface area contributed by atoms with Gasteiger partial charge in [-0.25, -0.2) is 13.8 Å². The second-order valence-electron chi connectivity index (χ2n) is 6.10. The number of hydrogen-bond donors (Lipinski definition) is 4. The van der Waals surface area contributed by atoms with E-state index in [2.05, 4.69) is 10.3 Å². The van der Waals surface area contributed by atoms with Gasteiger partial charge in [0.05, 0.1) is 4.90 Å². The highest BCUT2D eigenvalue weighted by molar-refractivity contribution is 7.89. The predicted octanol–water partition coefficient (Wildman–Crippen LogP) is 1.01. The zero-order valence-corrected chi connectivity index (χ0v) is 15.7. The molecule has 0 spiro atoms. The molecule has 0 aromatic heterocycles. The molecule has 0 fully saturated rings. The van der Waals surface area contributed by atoms with E-state index in [0.29, 0.717) is 5.39 Å². The number of carboxylic acid groups (broad SMARTS) is 2. The molecule has 0 saturated heterocycles. The first kappa shape index (κ1) is 20.6. The fraction of sp³-hybridized carbons (Fsp3) is 0.294. The first-order valence-corrected chi connectivity index (χ1v) is 9.53. The van der Waals surface area contributed by atoms with E-state index < -0.39 is 34.4 Å². The predicted molar refractivity (Wildman–Crippen MR) is 100 cm³/mol. The van der Waals surface area contributed by atoms with Gasteiger partial charge in [-0.1, -0.05) is 24.3 Å². The van der Waals surface area contributed by atoms with Crippen molar-refractivity contribution in [2.24, 2.45) is 0 Å². The van der Waals surface area contributed by atoms with Crippen molar-refractivity contribution in [1.82, 2.24) is 10.3 Å². The van der Waals surface area contributed by atoms with Crippen LogP contribution in [0.4, 0.5) is 5.69 Å². The summed E-state index contributed by atoms with van der Waals surface area (Å²) in [7, 11) is -0.401. The van der Waals surface area contributed by atoms with Crippen molar-refractivity contribution in [2.75, 3.05) is 19.0 Å². The molecule has 27 heavy (non-hydrogen) atoms. The standard InChI is InChI=1S/C17H21N3O6S/c1-20(2)14-7-3-6-12-11(14)5-4-8-15(12)27(25,26)19-18-13(17(23)24)9-10-16(21)22/h3-8,13,18-19H,9-10H2,1-2H3,(H,21,22)(H,23,24)/t13-/m1/s1. The molecule has 4 N–H and O–H groups in total. The fourth-order valence-electron chi connectivity index (χ4n) is 2.62. The van der Waals surface area contributed by atoms with Crippen molar-refractivity contribution >= 4 is 38.4 Å². The van der Waals surface area contributed by atoms with Crippen LogP contribution in [-0.2, 0) is 19.6 Å². The number of carbonyl (C=O) groups is 2. The third kappa shape index (κ3) is 4.94. The fourth-order valence-corrected chi connectivity index (χ4v) is 3.75.